The molecule has 0 aromatic rings. The quantitative estimate of drug-likeness (QED) is 0.491. The van der Waals surface area contributed by atoms with E-state index in [0.717, 1.165) is 12.8 Å². The molecule has 3 nitrogen and oxygen atoms in total. The van der Waals surface area contributed by atoms with Crippen molar-refractivity contribution in [1.82, 2.24) is 0 Å². The molecule has 0 aliphatic rings. The molecule has 0 rings (SSSR count). The predicted octanol–water partition coefficient (Wildman–Crippen LogP) is 4.44. The fraction of sp³-hybridized carbons (Fsp3) is 0.750. The molecular weight excluding hydrogens is 240 g/mol. The molecule has 0 aliphatic carbocycles. The summed E-state index contributed by atoms with van der Waals surface area (Å²) in [6.07, 6.45) is 4.03. The van der Waals surface area contributed by atoms with Crippen LogP contribution in [0.2, 0.25) is 0 Å². The molecule has 0 aliphatic heterocycles. The third kappa shape index (κ3) is 10.8. The fourth-order valence-electron chi connectivity index (χ4n) is 1.29. The van der Waals surface area contributed by atoms with E-state index in [1.54, 1.807) is 0 Å². The third-order valence-electron chi connectivity index (χ3n) is 3.01. The standard InChI is InChI=1S/C16H30O3/c1-7-13(3)17-11-9-15(5)19-16(6)10-12-18-14(4)8-2/h13-14H,5-12H2,1-4H3. The summed E-state index contributed by atoms with van der Waals surface area (Å²) in [5.41, 5.74) is 0. The molecule has 0 N–H and O–H groups in total. The smallest absolute Gasteiger partial charge is 0.0987 e. The van der Waals surface area contributed by atoms with E-state index in [2.05, 4.69) is 40.9 Å². The summed E-state index contributed by atoms with van der Waals surface area (Å²) in [6.45, 7) is 17.4. The minimum Gasteiger partial charge on any atom is -0.467 e. The maximum absolute atomic E-state index is 5.58. The Bertz CT molecular complexity index is 235. The minimum absolute atomic E-state index is 0.292. The van der Waals surface area contributed by atoms with Crippen LogP contribution in [0.15, 0.2) is 24.7 Å². The summed E-state index contributed by atoms with van der Waals surface area (Å²) in [5, 5.41) is 0. The van der Waals surface area contributed by atoms with Crippen LogP contribution in [0.1, 0.15) is 53.4 Å². The zero-order valence-electron chi connectivity index (χ0n) is 13.0. The van der Waals surface area contributed by atoms with Gasteiger partial charge in [-0.25, -0.2) is 0 Å². The minimum atomic E-state index is 0.292. The monoisotopic (exact) mass is 270 g/mol. The van der Waals surface area contributed by atoms with Crippen LogP contribution >= 0.6 is 0 Å². The highest BCUT2D eigenvalue weighted by Gasteiger charge is 2.04. The lowest BCUT2D eigenvalue weighted by molar-refractivity contribution is 0.0534. The molecule has 0 saturated heterocycles. The van der Waals surface area contributed by atoms with E-state index in [0.29, 0.717) is 49.8 Å². The first-order valence-electron chi connectivity index (χ1n) is 7.26. The Hall–Kier alpha value is -0.800. The molecule has 0 amide bonds. The van der Waals surface area contributed by atoms with Gasteiger partial charge in [0.1, 0.15) is 0 Å². The molecule has 0 heterocycles. The Labute approximate surface area is 118 Å². The van der Waals surface area contributed by atoms with E-state index in [4.69, 9.17) is 14.2 Å². The van der Waals surface area contributed by atoms with Crippen molar-refractivity contribution in [3.8, 4) is 0 Å². The van der Waals surface area contributed by atoms with Crippen LogP contribution < -0.4 is 0 Å². The van der Waals surface area contributed by atoms with E-state index < -0.39 is 0 Å². The van der Waals surface area contributed by atoms with Gasteiger partial charge in [-0.2, -0.15) is 0 Å². The normalized spacial score (nSPS) is 13.9. The van der Waals surface area contributed by atoms with Crippen molar-refractivity contribution in [3.63, 3.8) is 0 Å². The average Bonchev–Trinajstić information content (AvgIpc) is 2.37. The van der Waals surface area contributed by atoms with Crippen LogP contribution in [0.4, 0.5) is 0 Å². The van der Waals surface area contributed by atoms with Crippen LogP contribution in [-0.2, 0) is 14.2 Å². The number of hydrogen-bond donors (Lipinski definition) is 0. The Balaban J connectivity index is 3.61. The van der Waals surface area contributed by atoms with E-state index in [1.807, 2.05) is 0 Å². The van der Waals surface area contributed by atoms with Crippen molar-refractivity contribution in [1.29, 1.82) is 0 Å². The van der Waals surface area contributed by atoms with Crippen LogP contribution in [0.5, 0.6) is 0 Å². The van der Waals surface area contributed by atoms with E-state index in [1.165, 1.54) is 0 Å². The average molecular weight is 270 g/mol. The molecule has 19 heavy (non-hydrogen) atoms. The van der Waals surface area contributed by atoms with E-state index in [-0.39, 0.29) is 0 Å². The number of ether oxygens (including phenoxy) is 3. The van der Waals surface area contributed by atoms with Gasteiger partial charge in [-0.3, -0.25) is 0 Å². The summed E-state index contributed by atoms with van der Waals surface area (Å²) in [4.78, 5) is 0. The summed E-state index contributed by atoms with van der Waals surface area (Å²) < 4.78 is 16.7. The summed E-state index contributed by atoms with van der Waals surface area (Å²) in [6, 6.07) is 0. The Kier molecular flexibility index (Phi) is 10.6. The van der Waals surface area contributed by atoms with Gasteiger partial charge in [0.15, 0.2) is 0 Å². The van der Waals surface area contributed by atoms with Crippen molar-refractivity contribution in [3.05, 3.63) is 24.7 Å². The van der Waals surface area contributed by atoms with Gasteiger partial charge in [-0.05, 0) is 26.7 Å². The third-order valence-corrected chi connectivity index (χ3v) is 3.01. The maximum atomic E-state index is 5.58. The molecule has 0 saturated carbocycles. The molecule has 0 radical (unpaired) electrons. The molecule has 0 aromatic carbocycles. The lowest BCUT2D eigenvalue weighted by Gasteiger charge is -2.15. The van der Waals surface area contributed by atoms with Gasteiger partial charge in [0.25, 0.3) is 0 Å². The first-order valence-corrected chi connectivity index (χ1v) is 7.26. The van der Waals surface area contributed by atoms with Gasteiger partial charge in [0.05, 0.1) is 36.9 Å². The molecule has 3 heteroatoms. The van der Waals surface area contributed by atoms with Crippen LogP contribution in [0, 0.1) is 0 Å². The van der Waals surface area contributed by atoms with Gasteiger partial charge < -0.3 is 14.2 Å². The first kappa shape index (κ1) is 18.2. The number of rotatable bonds is 12. The maximum Gasteiger partial charge on any atom is 0.0987 e. The first-order chi connectivity index (χ1) is 8.99. The van der Waals surface area contributed by atoms with Crippen LogP contribution in [-0.4, -0.2) is 25.4 Å². The van der Waals surface area contributed by atoms with Crippen LogP contribution in [0.3, 0.4) is 0 Å². The highest BCUT2D eigenvalue weighted by atomic mass is 16.5. The fourth-order valence-corrected chi connectivity index (χ4v) is 1.29. The molecule has 0 fully saturated rings. The summed E-state index contributed by atoms with van der Waals surface area (Å²) in [7, 11) is 0. The highest BCUT2D eigenvalue weighted by Crippen LogP contribution is 2.11. The van der Waals surface area contributed by atoms with Crippen LogP contribution in [0.25, 0.3) is 0 Å². The van der Waals surface area contributed by atoms with Crippen molar-refractivity contribution < 1.29 is 14.2 Å². The van der Waals surface area contributed by atoms with Crippen molar-refractivity contribution in [2.45, 2.75) is 65.6 Å². The SMILES string of the molecule is C=C(CCOC(C)CC)OC(=C)CCOC(C)CC. The molecule has 2 atom stereocenters. The van der Waals surface area contributed by atoms with Gasteiger partial charge >= 0.3 is 0 Å². The number of hydrogen-bond acceptors (Lipinski definition) is 3. The van der Waals surface area contributed by atoms with Gasteiger partial charge in [-0.15, -0.1) is 0 Å². The molecular formula is C16H30O3. The second-order valence-corrected chi connectivity index (χ2v) is 4.86. The molecule has 2 unspecified atom stereocenters. The van der Waals surface area contributed by atoms with E-state index in [9.17, 15) is 0 Å². The predicted molar refractivity (Wildman–Crippen MR) is 80.0 cm³/mol. The Morgan fingerprint density at radius 2 is 1.21 bits per heavy atom. The molecule has 0 spiro atoms. The summed E-state index contributed by atoms with van der Waals surface area (Å²) in [5.74, 6) is 1.41. The van der Waals surface area contributed by atoms with Crippen molar-refractivity contribution in [2.24, 2.45) is 0 Å². The zero-order valence-corrected chi connectivity index (χ0v) is 13.0. The Morgan fingerprint density at radius 1 is 0.842 bits per heavy atom. The largest absolute Gasteiger partial charge is 0.467 e. The topological polar surface area (TPSA) is 27.7 Å². The van der Waals surface area contributed by atoms with Crippen molar-refractivity contribution in [2.75, 3.05) is 13.2 Å². The second-order valence-electron chi connectivity index (χ2n) is 4.86. The van der Waals surface area contributed by atoms with Gasteiger partial charge in [-0.1, -0.05) is 27.0 Å². The molecule has 0 aromatic heterocycles. The lowest BCUT2D eigenvalue weighted by atomic mass is 10.3. The Morgan fingerprint density at radius 3 is 1.53 bits per heavy atom. The molecule has 112 valence electrons. The van der Waals surface area contributed by atoms with Crippen molar-refractivity contribution >= 4 is 0 Å². The lowest BCUT2D eigenvalue weighted by Crippen LogP contribution is -2.09. The molecule has 0 bridgehead atoms. The highest BCUT2D eigenvalue weighted by molar-refractivity contribution is 4.93. The zero-order chi connectivity index (χ0) is 14.7. The van der Waals surface area contributed by atoms with E-state index >= 15 is 0 Å². The second kappa shape index (κ2) is 11.1. The van der Waals surface area contributed by atoms with Gasteiger partial charge in [0.2, 0.25) is 0 Å². The van der Waals surface area contributed by atoms with Gasteiger partial charge in [0, 0.05) is 12.8 Å². The summed E-state index contributed by atoms with van der Waals surface area (Å²) >= 11 is 0.